The van der Waals surface area contributed by atoms with Crippen LogP contribution in [0, 0.1) is 0 Å². The number of hydrogen-bond acceptors (Lipinski definition) is 4. The third kappa shape index (κ3) is 4.30. The van der Waals surface area contributed by atoms with Crippen LogP contribution in [0.25, 0.3) is 16.5 Å². The molecule has 0 spiro atoms. The van der Waals surface area contributed by atoms with Gasteiger partial charge in [0.25, 0.3) is 0 Å². The van der Waals surface area contributed by atoms with Crippen LogP contribution in [0.5, 0.6) is 0 Å². The van der Waals surface area contributed by atoms with Gasteiger partial charge in [-0.05, 0) is 52.9 Å². The fourth-order valence-electron chi connectivity index (χ4n) is 2.28. The van der Waals surface area contributed by atoms with Crippen molar-refractivity contribution in [1.29, 1.82) is 0 Å². The first kappa shape index (κ1) is 17.3. The monoisotopic (exact) mass is 369 g/mol. The molecule has 4 nitrogen and oxygen atoms in total. The highest BCUT2D eigenvalue weighted by Gasteiger charge is 2.08. The van der Waals surface area contributed by atoms with Gasteiger partial charge in [-0.15, -0.1) is 11.3 Å². The number of hydrogen-bond donors (Lipinski definition) is 1. The van der Waals surface area contributed by atoms with Gasteiger partial charge in [-0.2, -0.15) is 0 Å². The van der Waals surface area contributed by atoms with Crippen molar-refractivity contribution in [3.05, 3.63) is 83.2 Å². The summed E-state index contributed by atoms with van der Waals surface area (Å²) >= 11 is 1.68. The number of ketones is 1. The first-order valence-electron chi connectivity index (χ1n) is 7.43. The Kier molecular flexibility index (Phi) is 4.94. The smallest absolute Gasteiger partial charge is 0.238 e. The maximum absolute atomic E-state index is 12.2. The van der Waals surface area contributed by atoms with Crippen LogP contribution in [0.3, 0.4) is 0 Å². The molecule has 2 N–H and O–H groups in total. The molecule has 3 aromatic rings. The first-order chi connectivity index (χ1) is 11.9. The van der Waals surface area contributed by atoms with Crippen LogP contribution in [0.15, 0.2) is 77.0 Å². The largest absolute Gasteiger partial charge is 0.289 e. The second-order valence-corrected chi connectivity index (χ2v) is 7.88. The van der Waals surface area contributed by atoms with E-state index >= 15 is 0 Å². The minimum atomic E-state index is -3.75. The molecule has 2 aromatic carbocycles. The number of benzene rings is 2. The van der Waals surface area contributed by atoms with Gasteiger partial charge >= 0.3 is 0 Å². The van der Waals surface area contributed by atoms with Crippen molar-refractivity contribution in [2.75, 3.05) is 0 Å². The van der Waals surface area contributed by atoms with Crippen molar-refractivity contribution in [3.63, 3.8) is 0 Å². The molecule has 6 heteroatoms. The predicted octanol–water partition coefficient (Wildman–Crippen LogP) is 3.96. The lowest BCUT2D eigenvalue weighted by molar-refractivity contribution is 0.104. The molecule has 0 aliphatic carbocycles. The van der Waals surface area contributed by atoms with Gasteiger partial charge in [0.05, 0.1) is 4.90 Å². The lowest BCUT2D eigenvalue weighted by Gasteiger charge is -2.00. The van der Waals surface area contributed by atoms with Crippen LogP contribution in [0.2, 0.25) is 0 Å². The Bertz CT molecular complexity index is 1000. The van der Waals surface area contributed by atoms with Gasteiger partial charge in [0.15, 0.2) is 5.78 Å². The summed E-state index contributed by atoms with van der Waals surface area (Å²) in [6, 6.07) is 17.5. The van der Waals surface area contributed by atoms with Gasteiger partial charge in [0.1, 0.15) is 0 Å². The summed E-state index contributed by atoms with van der Waals surface area (Å²) in [6.45, 7) is 0. The minimum Gasteiger partial charge on any atom is -0.289 e. The van der Waals surface area contributed by atoms with Crippen molar-refractivity contribution in [2.45, 2.75) is 4.90 Å². The average Bonchev–Trinajstić information content (AvgIpc) is 3.14. The van der Waals surface area contributed by atoms with Gasteiger partial charge in [-0.1, -0.05) is 36.4 Å². The van der Waals surface area contributed by atoms with Crippen LogP contribution in [-0.2, 0) is 10.0 Å². The zero-order chi connectivity index (χ0) is 17.9. The molecule has 0 fully saturated rings. The molecule has 3 rings (SSSR count). The Morgan fingerprint density at radius 3 is 2.20 bits per heavy atom. The Morgan fingerprint density at radius 1 is 0.960 bits per heavy atom. The summed E-state index contributed by atoms with van der Waals surface area (Å²) in [7, 11) is -3.75. The second-order valence-electron chi connectivity index (χ2n) is 5.37. The number of primary sulfonamides is 1. The Balaban J connectivity index is 1.72. The molecule has 0 aliphatic heterocycles. The van der Waals surface area contributed by atoms with Crippen LogP contribution in [0.4, 0.5) is 0 Å². The maximum Gasteiger partial charge on any atom is 0.238 e. The summed E-state index contributed by atoms with van der Waals surface area (Å²) in [5.41, 5.74) is 2.45. The molecule has 1 heterocycles. The molecule has 0 amide bonds. The van der Waals surface area contributed by atoms with E-state index in [1.54, 1.807) is 17.4 Å². The molecule has 0 aliphatic rings. The summed E-state index contributed by atoms with van der Waals surface area (Å²) in [6.07, 6.45) is 3.19. The quantitative estimate of drug-likeness (QED) is 0.546. The summed E-state index contributed by atoms with van der Waals surface area (Å²) in [5, 5.41) is 7.07. The highest BCUT2D eigenvalue weighted by Crippen LogP contribution is 2.24. The molecule has 126 valence electrons. The molecule has 0 radical (unpaired) electrons. The minimum absolute atomic E-state index is 0.0165. The third-order valence-electron chi connectivity index (χ3n) is 3.61. The van der Waals surface area contributed by atoms with E-state index in [1.807, 2.05) is 35.7 Å². The van der Waals surface area contributed by atoms with Crippen molar-refractivity contribution in [2.24, 2.45) is 5.14 Å². The Hall–Kier alpha value is -2.54. The highest BCUT2D eigenvalue weighted by atomic mass is 32.2. The molecule has 0 bridgehead atoms. The molecule has 1 aromatic heterocycles. The zero-order valence-corrected chi connectivity index (χ0v) is 14.8. The van der Waals surface area contributed by atoms with E-state index in [0.717, 1.165) is 11.1 Å². The van der Waals surface area contributed by atoms with E-state index < -0.39 is 10.0 Å². The predicted molar refractivity (Wildman–Crippen MR) is 101 cm³/mol. The molecule has 0 saturated heterocycles. The van der Waals surface area contributed by atoms with E-state index in [9.17, 15) is 13.2 Å². The number of carbonyl (C=O) groups is 1. The molecule has 25 heavy (non-hydrogen) atoms. The first-order valence-corrected chi connectivity index (χ1v) is 9.85. The van der Waals surface area contributed by atoms with E-state index in [2.05, 4.69) is 6.07 Å². The highest BCUT2D eigenvalue weighted by molar-refractivity contribution is 7.89. The van der Waals surface area contributed by atoms with Gasteiger partial charge < -0.3 is 0 Å². The summed E-state index contributed by atoms with van der Waals surface area (Å²) < 4.78 is 22.4. The zero-order valence-electron chi connectivity index (χ0n) is 13.1. The fraction of sp³-hybridized carbons (Fsp3) is 0. The Labute approximate surface area is 150 Å². The Morgan fingerprint density at radius 2 is 1.64 bits per heavy atom. The fourth-order valence-corrected chi connectivity index (χ4v) is 3.53. The van der Waals surface area contributed by atoms with Crippen LogP contribution < -0.4 is 5.14 Å². The molecule has 0 saturated carbocycles. The number of rotatable bonds is 5. The second kappa shape index (κ2) is 7.14. The van der Waals surface area contributed by atoms with Crippen molar-refractivity contribution < 1.29 is 13.2 Å². The van der Waals surface area contributed by atoms with Gasteiger partial charge in [-0.3, -0.25) is 4.79 Å². The van der Waals surface area contributed by atoms with Crippen molar-refractivity contribution in [3.8, 4) is 10.4 Å². The molecular weight excluding hydrogens is 354 g/mol. The SMILES string of the molecule is NS(=O)(=O)c1ccc(C(=O)C=Cc2ccc(-c3cccs3)cc2)cc1. The van der Waals surface area contributed by atoms with Crippen LogP contribution >= 0.6 is 11.3 Å². The van der Waals surface area contributed by atoms with Crippen LogP contribution in [0.1, 0.15) is 15.9 Å². The number of thiophene rings is 1. The van der Waals surface area contributed by atoms with Crippen molar-refractivity contribution in [1.82, 2.24) is 0 Å². The third-order valence-corrected chi connectivity index (χ3v) is 5.46. The van der Waals surface area contributed by atoms with Gasteiger partial charge in [0, 0.05) is 10.4 Å². The molecule has 0 atom stereocenters. The molecule has 0 unspecified atom stereocenters. The lowest BCUT2D eigenvalue weighted by atomic mass is 10.1. The molecular formula is C19H15NO3S2. The topological polar surface area (TPSA) is 77.2 Å². The number of carbonyl (C=O) groups excluding carboxylic acids is 1. The van der Waals surface area contributed by atoms with Crippen molar-refractivity contribution >= 4 is 33.2 Å². The van der Waals surface area contributed by atoms with E-state index in [0.29, 0.717) is 5.56 Å². The number of allylic oxidation sites excluding steroid dienone is 1. The van der Waals surface area contributed by atoms with E-state index in [-0.39, 0.29) is 10.7 Å². The normalized spacial score (nSPS) is 11.7. The number of nitrogens with two attached hydrogens (primary N) is 1. The van der Waals surface area contributed by atoms with E-state index in [1.165, 1.54) is 35.2 Å². The van der Waals surface area contributed by atoms with Gasteiger partial charge in [-0.25, -0.2) is 13.6 Å². The lowest BCUT2D eigenvalue weighted by Crippen LogP contribution is -2.12. The standard InChI is InChI=1S/C19H15NO3S2/c20-25(22,23)17-10-8-15(9-11-17)18(21)12-5-14-3-6-16(7-4-14)19-2-1-13-24-19/h1-13H,(H2,20,22,23). The summed E-state index contributed by atoms with van der Waals surface area (Å²) in [4.78, 5) is 13.3. The summed E-state index contributed by atoms with van der Waals surface area (Å²) in [5.74, 6) is -0.205. The number of sulfonamides is 1. The van der Waals surface area contributed by atoms with Crippen LogP contribution in [-0.4, -0.2) is 14.2 Å². The van der Waals surface area contributed by atoms with E-state index in [4.69, 9.17) is 5.14 Å². The van der Waals surface area contributed by atoms with Gasteiger partial charge in [0.2, 0.25) is 10.0 Å². The average molecular weight is 369 g/mol. The maximum atomic E-state index is 12.2.